The highest BCUT2D eigenvalue weighted by Gasteiger charge is 2.43. The van der Waals surface area contributed by atoms with E-state index >= 15 is 0 Å². The molecule has 8 nitrogen and oxygen atoms in total. The van der Waals surface area contributed by atoms with E-state index in [1.165, 1.54) is 46.8 Å². The summed E-state index contributed by atoms with van der Waals surface area (Å²) < 4.78 is 14.2. The average Bonchev–Trinajstić information content (AvgIpc) is 3.19. The minimum Gasteiger partial charge on any atom is -0.469 e. The molecule has 0 bridgehead atoms. The lowest BCUT2D eigenvalue weighted by atomic mass is 9.71. The van der Waals surface area contributed by atoms with Crippen molar-refractivity contribution in [2.75, 3.05) is 19.2 Å². The minimum absolute atomic E-state index is 0. The van der Waals surface area contributed by atoms with Gasteiger partial charge in [0.15, 0.2) is 5.78 Å². The quantitative estimate of drug-likeness (QED) is 0.0905. The van der Waals surface area contributed by atoms with Crippen molar-refractivity contribution in [2.45, 2.75) is 100 Å². The lowest BCUT2D eigenvalue weighted by molar-refractivity contribution is -0.149. The van der Waals surface area contributed by atoms with Crippen molar-refractivity contribution in [3.8, 4) is 0 Å². The third kappa shape index (κ3) is 14.1. The van der Waals surface area contributed by atoms with Crippen LogP contribution < -0.4 is 0 Å². The normalized spacial score (nSPS) is 24.8. The van der Waals surface area contributed by atoms with Crippen LogP contribution in [0.15, 0.2) is 23.5 Å². The Balaban J connectivity index is 0. The van der Waals surface area contributed by atoms with Gasteiger partial charge in [-0.3, -0.25) is 24.0 Å². The van der Waals surface area contributed by atoms with Crippen molar-refractivity contribution >= 4 is 52.1 Å². The van der Waals surface area contributed by atoms with Gasteiger partial charge >= 0.3 is 17.9 Å². The molecule has 0 aromatic heterocycles. The number of allylic oxidation sites excluding steroid dienone is 4. The smallest absolute Gasteiger partial charge is 0.314 e. The topological polar surface area (TPSA) is 113 Å². The molecular weight excluding hydrogens is 639 g/mol. The Morgan fingerprint density at radius 3 is 2.22 bits per heavy atom. The number of Topliss-reactive ketones (excluding diaryl/α,β-unsaturated/α-hetero) is 1. The van der Waals surface area contributed by atoms with Gasteiger partial charge in [-0.2, -0.15) is 0 Å². The fraction of sp³-hybridized carbons (Fsp3) is 0.719. The Morgan fingerprint density at radius 2 is 1.76 bits per heavy atom. The molecule has 1 fully saturated rings. The van der Waals surface area contributed by atoms with Crippen LogP contribution in [0.4, 0.5) is 0 Å². The molecule has 0 aromatic carbocycles. The summed E-state index contributed by atoms with van der Waals surface area (Å²) in [6, 6.07) is 0. The number of rotatable bonds is 7. The Bertz CT molecular complexity index is 938. The molecule has 3 aliphatic rings. The number of esters is 3. The number of unbranched alkanes of at least 4 members (excludes halogenated alkanes) is 1. The van der Waals surface area contributed by atoms with Gasteiger partial charge in [0, 0.05) is 11.8 Å². The fourth-order valence-corrected chi connectivity index (χ4v) is 4.97. The van der Waals surface area contributed by atoms with Crippen LogP contribution in [-0.2, 0) is 38.2 Å². The first-order valence-corrected chi connectivity index (χ1v) is 16.1. The largest absolute Gasteiger partial charge is 0.469 e. The average molecular weight is 693 g/mol. The Kier molecular flexibility index (Phi) is 20.8. The van der Waals surface area contributed by atoms with E-state index in [0.29, 0.717) is 5.92 Å². The zero-order chi connectivity index (χ0) is 31.0. The highest BCUT2D eigenvalue weighted by molar-refractivity contribution is 14.1. The number of ether oxygens (including phenoxy) is 3. The zero-order valence-electron chi connectivity index (χ0n) is 25.8. The maximum atomic E-state index is 11.6. The SMILES string of the molecule is C.CCCCC1(C)C=C2OC(=O)C(C)C2CC1.CI.COC(=O)C(C)C1CCC(C)=CC1=O.COC(=O)CC(C)=O. The number of fused-ring (bicyclic) bond motifs is 1. The van der Waals surface area contributed by atoms with Gasteiger partial charge in [0.1, 0.15) is 18.0 Å². The van der Waals surface area contributed by atoms with Crippen LogP contribution in [0, 0.1) is 29.1 Å². The molecule has 5 atom stereocenters. The molecule has 0 aromatic rings. The van der Waals surface area contributed by atoms with Crippen LogP contribution in [0.1, 0.15) is 100 Å². The number of carbonyl (C=O) groups excluding carboxylic acids is 5. The zero-order valence-corrected chi connectivity index (χ0v) is 27.9. The number of alkyl halides is 1. The molecule has 9 heteroatoms. The van der Waals surface area contributed by atoms with Crippen molar-refractivity contribution in [3.05, 3.63) is 23.5 Å². The van der Waals surface area contributed by atoms with Crippen molar-refractivity contribution in [3.63, 3.8) is 0 Å². The van der Waals surface area contributed by atoms with Crippen LogP contribution in [0.25, 0.3) is 0 Å². The van der Waals surface area contributed by atoms with Crippen molar-refractivity contribution in [2.24, 2.45) is 29.1 Å². The van der Waals surface area contributed by atoms with Gasteiger partial charge in [0.05, 0.1) is 26.1 Å². The summed E-state index contributed by atoms with van der Waals surface area (Å²) in [7, 11) is 2.61. The van der Waals surface area contributed by atoms with E-state index in [1.807, 2.05) is 18.8 Å². The van der Waals surface area contributed by atoms with Gasteiger partial charge in [-0.25, -0.2) is 0 Å². The third-order valence-corrected chi connectivity index (χ3v) is 7.58. The van der Waals surface area contributed by atoms with Gasteiger partial charge < -0.3 is 14.2 Å². The monoisotopic (exact) mass is 692 g/mol. The number of hydrogen-bond acceptors (Lipinski definition) is 8. The fourth-order valence-electron chi connectivity index (χ4n) is 4.97. The molecule has 41 heavy (non-hydrogen) atoms. The molecule has 3 rings (SSSR count). The van der Waals surface area contributed by atoms with Crippen molar-refractivity contribution < 1.29 is 38.2 Å². The summed E-state index contributed by atoms with van der Waals surface area (Å²) in [5.41, 5.74) is 1.36. The van der Waals surface area contributed by atoms with Gasteiger partial charge in [-0.15, -0.1) is 0 Å². The van der Waals surface area contributed by atoms with Crippen LogP contribution in [0.3, 0.4) is 0 Å². The standard InChI is InChI=1S/C14H22O2.C11H16O3.C5H8O3.CH3I.CH4/c1-4-5-7-14(3)8-6-11-10(2)13(15)16-12(11)9-14;1-7-4-5-9(10(12)6-7)8(2)11(13)14-3;1-4(6)3-5(7)8-2;1-2;/h9-11H,4-8H2,1-3H3;6,8-9H,4-5H2,1-3H3;3H2,1-2H3;1H3;1H4. The Morgan fingerprint density at radius 1 is 1.15 bits per heavy atom. The van der Waals surface area contributed by atoms with Crippen LogP contribution in [-0.4, -0.2) is 48.6 Å². The first kappa shape index (κ1) is 41.1. The molecule has 0 saturated carbocycles. The maximum absolute atomic E-state index is 11.6. The number of hydrogen-bond donors (Lipinski definition) is 0. The lowest BCUT2D eigenvalue weighted by Gasteiger charge is -2.32. The molecule has 1 aliphatic heterocycles. The molecule has 2 aliphatic carbocycles. The van der Waals surface area contributed by atoms with Gasteiger partial charge in [-0.05, 0) is 68.4 Å². The van der Waals surface area contributed by atoms with Gasteiger partial charge in [-0.1, -0.05) is 76.1 Å². The first-order chi connectivity index (χ1) is 18.8. The van der Waals surface area contributed by atoms with E-state index in [2.05, 4.69) is 52.0 Å². The van der Waals surface area contributed by atoms with Crippen LogP contribution >= 0.6 is 22.6 Å². The maximum Gasteiger partial charge on any atom is 0.314 e. The number of carbonyl (C=O) groups is 5. The van der Waals surface area contributed by atoms with E-state index < -0.39 is 5.97 Å². The second-order valence-electron chi connectivity index (χ2n) is 11.0. The number of methoxy groups -OCH3 is 2. The van der Waals surface area contributed by atoms with E-state index in [-0.39, 0.29) is 60.5 Å². The Hall–Kier alpha value is -2.04. The summed E-state index contributed by atoms with van der Waals surface area (Å²) in [4.78, 5) is 56.6. The lowest BCUT2D eigenvalue weighted by Crippen LogP contribution is -2.29. The van der Waals surface area contributed by atoms with Crippen molar-refractivity contribution in [1.29, 1.82) is 0 Å². The molecule has 0 radical (unpaired) electrons. The highest BCUT2D eigenvalue weighted by Crippen LogP contribution is 2.46. The van der Waals surface area contributed by atoms with Gasteiger partial charge in [0.25, 0.3) is 0 Å². The van der Waals surface area contributed by atoms with Gasteiger partial charge in [0.2, 0.25) is 0 Å². The second kappa shape index (κ2) is 20.8. The minimum atomic E-state index is -0.475. The van der Waals surface area contributed by atoms with E-state index in [1.54, 1.807) is 13.0 Å². The third-order valence-electron chi connectivity index (χ3n) is 7.58. The summed E-state index contributed by atoms with van der Waals surface area (Å²) in [6.07, 6.45) is 11.4. The summed E-state index contributed by atoms with van der Waals surface area (Å²) in [5.74, 6) is -0.0252. The van der Waals surface area contributed by atoms with E-state index in [9.17, 15) is 24.0 Å². The number of halogens is 1. The predicted octanol–water partition coefficient (Wildman–Crippen LogP) is 7.22. The van der Waals surface area contributed by atoms with E-state index in [0.717, 1.165) is 30.6 Å². The number of ketones is 2. The molecule has 0 spiro atoms. The summed E-state index contributed by atoms with van der Waals surface area (Å²) >= 11 is 2.15. The molecule has 5 unspecified atom stereocenters. The molecule has 0 N–H and O–H groups in total. The second-order valence-corrected chi connectivity index (χ2v) is 11.0. The molecule has 0 amide bonds. The summed E-state index contributed by atoms with van der Waals surface area (Å²) in [6.45, 7) is 11.5. The molecular formula is C32H53IO8. The Labute approximate surface area is 261 Å². The van der Waals surface area contributed by atoms with Crippen molar-refractivity contribution in [1.82, 2.24) is 0 Å². The predicted molar refractivity (Wildman–Crippen MR) is 170 cm³/mol. The van der Waals surface area contributed by atoms with Crippen LogP contribution in [0.5, 0.6) is 0 Å². The molecule has 236 valence electrons. The highest BCUT2D eigenvalue weighted by atomic mass is 127. The first-order valence-electron chi connectivity index (χ1n) is 14.0. The van der Waals surface area contributed by atoms with E-state index in [4.69, 9.17) is 4.74 Å². The molecule has 1 saturated heterocycles. The van der Waals surface area contributed by atoms with Crippen LogP contribution in [0.2, 0.25) is 0 Å². The summed E-state index contributed by atoms with van der Waals surface area (Å²) in [5, 5.41) is 0. The molecule has 1 heterocycles.